The number of aromatic nitrogens is 3. The topological polar surface area (TPSA) is 99.8 Å². The summed E-state index contributed by atoms with van der Waals surface area (Å²) in [4.78, 5) is 0. The van der Waals surface area contributed by atoms with Crippen molar-refractivity contribution in [2.75, 3.05) is 0 Å². The number of rotatable bonds is 1. The first-order valence-corrected chi connectivity index (χ1v) is 5.37. The molecule has 0 unspecified atom stereocenters. The molecule has 2 rings (SSSR count). The van der Waals surface area contributed by atoms with Gasteiger partial charge in [0, 0.05) is 0 Å². The maximum Gasteiger partial charge on any atom is 0.321 e. The van der Waals surface area contributed by atoms with Crippen LogP contribution in [0, 0.1) is 0 Å². The molecule has 1 heterocycles. The fraction of sp³-hybridized carbons (Fsp3) is 0. The van der Waals surface area contributed by atoms with Gasteiger partial charge in [-0.15, -0.1) is 5.10 Å². The van der Waals surface area contributed by atoms with E-state index in [1.807, 2.05) is 0 Å². The Balaban J connectivity index is 2.79. The number of hydrogen-bond donors (Lipinski definition) is 2. The summed E-state index contributed by atoms with van der Waals surface area (Å²) in [5.74, 6) is 0. The van der Waals surface area contributed by atoms with Gasteiger partial charge in [0.2, 0.25) is 0 Å². The molecule has 0 atom stereocenters. The number of fused-ring (bicyclic) bond motifs is 1. The lowest BCUT2D eigenvalue weighted by molar-refractivity contribution is 0.564. The van der Waals surface area contributed by atoms with E-state index in [2.05, 4.69) is 10.3 Å². The largest absolute Gasteiger partial charge is 0.321 e. The van der Waals surface area contributed by atoms with Crippen molar-refractivity contribution in [1.82, 2.24) is 14.8 Å². The zero-order valence-electron chi connectivity index (χ0n) is 6.66. The molecular weight excluding hydrogens is 189 g/mol. The molecule has 68 valence electrons. The second-order valence-corrected chi connectivity index (χ2v) is 4.36. The van der Waals surface area contributed by atoms with Gasteiger partial charge in [0.1, 0.15) is 5.52 Å². The molecule has 4 N–H and O–H groups in total. The van der Waals surface area contributed by atoms with Gasteiger partial charge in [-0.1, -0.05) is 17.3 Å². The molecule has 0 saturated carbocycles. The fourth-order valence-electron chi connectivity index (χ4n) is 1.09. The maximum absolute atomic E-state index is 11.3. The van der Waals surface area contributed by atoms with Gasteiger partial charge in [-0.3, -0.25) is 15.6 Å². The molecule has 13 heavy (non-hydrogen) atoms. The Bertz CT molecular complexity index is 486. The van der Waals surface area contributed by atoms with Crippen LogP contribution in [0.15, 0.2) is 24.3 Å². The summed E-state index contributed by atoms with van der Waals surface area (Å²) in [5, 5.41) is 7.39. The second kappa shape index (κ2) is 2.63. The van der Waals surface area contributed by atoms with Crippen molar-refractivity contribution in [2.24, 2.45) is 11.0 Å². The zero-order chi connectivity index (χ0) is 9.47. The highest BCUT2D eigenvalue weighted by Gasteiger charge is 2.16. The van der Waals surface area contributed by atoms with Crippen LogP contribution in [0.3, 0.4) is 0 Å². The highest BCUT2D eigenvalue weighted by molar-refractivity contribution is 7.57. The highest BCUT2D eigenvalue weighted by atomic mass is 31.2. The van der Waals surface area contributed by atoms with Crippen LogP contribution in [-0.2, 0) is 4.57 Å². The Morgan fingerprint density at radius 1 is 1.31 bits per heavy atom. The van der Waals surface area contributed by atoms with Crippen LogP contribution in [0.5, 0.6) is 0 Å². The SMILES string of the molecule is NP(N)(=O)n1nnc2ccccc21. The third-order valence-electron chi connectivity index (χ3n) is 1.63. The van der Waals surface area contributed by atoms with Gasteiger partial charge in [-0.2, -0.15) is 4.45 Å². The molecule has 0 aliphatic rings. The first-order chi connectivity index (χ1) is 6.09. The van der Waals surface area contributed by atoms with Crippen LogP contribution in [0.25, 0.3) is 11.0 Å². The minimum atomic E-state index is -3.37. The van der Waals surface area contributed by atoms with Crippen LogP contribution in [-0.4, -0.2) is 14.8 Å². The van der Waals surface area contributed by atoms with E-state index in [9.17, 15) is 4.57 Å². The van der Waals surface area contributed by atoms with Crippen molar-refractivity contribution in [3.63, 3.8) is 0 Å². The summed E-state index contributed by atoms with van der Waals surface area (Å²) in [5.41, 5.74) is 11.7. The maximum atomic E-state index is 11.3. The monoisotopic (exact) mass is 197 g/mol. The zero-order valence-corrected chi connectivity index (χ0v) is 7.56. The Morgan fingerprint density at radius 2 is 2.00 bits per heavy atom. The summed E-state index contributed by atoms with van der Waals surface area (Å²) >= 11 is 0. The summed E-state index contributed by atoms with van der Waals surface area (Å²) < 4.78 is 12.4. The molecule has 0 aliphatic carbocycles. The normalized spacial score (nSPS) is 12.2. The molecule has 0 fully saturated rings. The van der Waals surface area contributed by atoms with Crippen molar-refractivity contribution in [2.45, 2.75) is 0 Å². The van der Waals surface area contributed by atoms with Gasteiger partial charge in [0.15, 0.2) is 0 Å². The van der Waals surface area contributed by atoms with Crippen LogP contribution < -0.4 is 11.0 Å². The summed E-state index contributed by atoms with van der Waals surface area (Å²) in [7, 11) is -3.37. The van der Waals surface area contributed by atoms with Crippen molar-refractivity contribution < 1.29 is 4.57 Å². The van der Waals surface area contributed by atoms with E-state index in [-0.39, 0.29) is 0 Å². The molecule has 0 amide bonds. The van der Waals surface area contributed by atoms with Gasteiger partial charge in [-0.05, 0) is 12.1 Å². The van der Waals surface area contributed by atoms with Crippen LogP contribution in [0.4, 0.5) is 0 Å². The van der Waals surface area contributed by atoms with Gasteiger partial charge < -0.3 is 0 Å². The first kappa shape index (κ1) is 8.37. The lowest BCUT2D eigenvalue weighted by atomic mass is 10.3. The fourth-order valence-corrected chi connectivity index (χ4v) is 1.76. The number of nitrogens with two attached hydrogens (primary N) is 2. The van der Waals surface area contributed by atoms with Crippen LogP contribution in [0.1, 0.15) is 0 Å². The molecule has 0 radical (unpaired) electrons. The molecule has 7 heteroatoms. The highest BCUT2D eigenvalue weighted by Crippen LogP contribution is 2.30. The molecule has 2 aromatic rings. The minimum Gasteiger partial charge on any atom is -0.263 e. The summed E-state index contributed by atoms with van der Waals surface area (Å²) in [6.45, 7) is 0. The number of hydrogen-bond acceptors (Lipinski definition) is 3. The number of nitrogens with zero attached hydrogens (tertiary/aromatic N) is 3. The Labute approximate surface area is 74.0 Å². The van der Waals surface area contributed by atoms with Crippen molar-refractivity contribution in [1.29, 1.82) is 0 Å². The van der Waals surface area contributed by atoms with E-state index in [0.29, 0.717) is 11.0 Å². The van der Waals surface area contributed by atoms with Gasteiger partial charge in [0.05, 0.1) is 5.52 Å². The molecule has 1 aromatic carbocycles. The van der Waals surface area contributed by atoms with E-state index in [0.717, 1.165) is 4.45 Å². The Kier molecular flexibility index (Phi) is 1.69. The lowest BCUT2D eigenvalue weighted by Crippen LogP contribution is -2.14. The summed E-state index contributed by atoms with van der Waals surface area (Å²) in [6.07, 6.45) is 0. The summed E-state index contributed by atoms with van der Waals surface area (Å²) in [6, 6.07) is 7.04. The van der Waals surface area contributed by atoms with Gasteiger partial charge >= 0.3 is 7.59 Å². The molecule has 0 aliphatic heterocycles. The van der Waals surface area contributed by atoms with Crippen molar-refractivity contribution >= 4 is 18.6 Å². The van der Waals surface area contributed by atoms with E-state index in [1.54, 1.807) is 24.3 Å². The second-order valence-electron chi connectivity index (χ2n) is 2.64. The van der Waals surface area contributed by atoms with Crippen molar-refractivity contribution in [3.8, 4) is 0 Å². The average Bonchev–Trinajstić information content (AvgIpc) is 2.45. The predicted octanol–water partition coefficient (Wildman–Crippen LogP) is 0.305. The third-order valence-corrected chi connectivity index (χ3v) is 2.52. The molecule has 1 aromatic heterocycles. The standard InChI is InChI=1S/C6H8N5OP/c7-13(8,12)11-6-4-2-1-3-5(6)9-10-11/h1-4H,(H4,7,8,12). The van der Waals surface area contributed by atoms with E-state index in [1.165, 1.54) is 0 Å². The molecule has 6 nitrogen and oxygen atoms in total. The molecule has 0 spiro atoms. The lowest BCUT2D eigenvalue weighted by Gasteiger charge is -2.05. The number of benzene rings is 1. The Hall–Kier alpha value is -1.23. The van der Waals surface area contributed by atoms with Gasteiger partial charge in [-0.25, -0.2) is 0 Å². The molecule has 0 saturated heterocycles. The molecule has 0 bridgehead atoms. The smallest absolute Gasteiger partial charge is 0.263 e. The average molecular weight is 197 g/mol. The van der Waals surface area contributed by atoms with E-state index < -0.39 is 7.59 Å². The minimum absolute atomic E-state index is 0.579. The first-order valence-electron chi connectivity index (χ1n) is 3.57. The van der Waals surface area contributed by atoms with Crippen LogP contribution in [0.2, 0.25) is 0 Å². The van der Waals surface area contributed by atoms with Crippen LogP contribution >= 0.6 is 7.59 Å². The molecular formula is C6H8N5OP. The van der Waals surface area contributed by atoms with Crippen molar-refractivity contribution in [3.05, 3.63) is 24.3 Å². The number of para-hydroxylation sites is 1. The van der Waals surface area contributed by atoms with E-state index >= 15 is 0 Å². The Morgan fingerprint density at radius 3 is 2.69 bits per heavy atom. The van der Waals surface area contributed by atoms with Gasteiger partial charge in [0.25, 0.3) is 0 Å². The predicted molar refractivity (Wildman–Crippen MR) is 48.9 cm³/mol. The quantitative estimate of drug-likeness (QED) is 0.640. The third kappa shape index (κ3) is 1.35. The van der Waals surface area contributed by atoms with E-state index in [4.69, 9.17) is 11.0 Å².